The van der Waals surface area contributed by atoms with Gasteiger partial charge in [-0.1, -0.05) is 42.5 Å². The van der Waals surface area contributed by atoms with Crippen molar-refractivity contribution >= 4 is 6.09 Å². The van der Waals surface area contributed by atoms with Gasteiger partial charge in [0.2, 0.25) is 0 Å². The lowest BCUT2D eigenvalue weighted by molar-refractivity contribution is 0.120. The van der Waals surface area contributed by atoms with E-state index in [2.05, 4.69) is 0 Å². The highest BCUT2D eigenvalue weighted by atomic mass is 16.5. The summed E-state index contributed by atoms with van der Waals surface area (Å²) in [6.07, 6.45) is -1.43. The fourth-order valence-corrected chi connectivity index (χ4v) is 2.09. The minimum Gasteiger partial charge on any atom is -0.484 e. The SMILES string of the molecule is CN(CC(Oc1cccc(CO)c1)c1ccccc1)C(=O)O. The van der Waals surface area contributed by atoms with Crippen molar-refractivity contribution in [3.63, 3.8) is 0 Å². The van der Waals surface area contributed by atoms with E-state index in [0.717, 1.165) is 11.1 Å². The first kappa shape index (κ1) is 15.9. The van der Waals surface area contributed by atoms with E-state index < -0.39 is 12.2 Å². The van der Waals surface area contributed by atoms with Crippen LogP contribution in [0.2, 0.25) is 0 Å². The molecule has 0 radical (unpaired) electrons. The van der Waals surface area contributed by atoms with Crippen molar-refractivity contribution in [2.24, 2.45) is 0 Å². The maximum atomic E-state index is 11.1. The lowest BCUT2D eigenvalue weighted by Gasteiger charge is -2.24. The standard InChI is InChI=1S/C17H19NO4/c1-18(17(20)21)11-16(14-7-3-2-4-8-14)22-15-9-5-6-13(10-15)12-19/h2-10,16,19H,11-12H2,1H3,(H,20,21). The number of ether oxygens (including phenoxy) is 1. The number of aliphatic hydroxyl groups excluding tert-OH is 1. The van der Waals surface area contributed by atoms with Gasteiger partial charge in [-0.2, -0.15) is 0 Å². The largest absolute Gasteiger partial charge is 0.484 e. The normalized spacial score (nSPS) is 11.7. The second-order valence-corrected chi connectivity index (χ2v) is 4.99. The first-order valence-electron chi connectivity index (χ1n) is 6.95. The molecule has 1 amide bonds. The lowest BCUT2D eigenvalue weighted by Crippen LogP contribution is -2.31. The number of hydrogen-bond donors (Lipinski definition) is 2. The highest BCUT2D eigenvalue weighted by Crippen LogP contribution is 2.23. The molecule has 116 valence electrons. The van der Waals surface area contributed by atoms with Crippen LogP contribution in [0.1, 0.15) is 17.2 Å². The number of hydrogen-bond acceptors (Lipinski definition) is 3. The maximum absolute atomic E-state index is 11.1. The van der Waals surface area contributed by atoms with E-state index in [9.17, 15) is 9.90 Å². The van der Waals surface area contributed by atoms with Gasteiger partial charge >= 0.3 is 6.09 Å². The molecule has 0 aromatic heterocycles. The Bertz CT molecular complexity index is 615. The van der Waals surface area contributed by atoms with Gasteiger partial charge in [-0.05, 0) is 23.3 Å². The van der Waals surface area contributed by atoms with Crippen LogP contribution < -0.4 is 4.74 Å². The summed E-state index contributed by atoms with van der Waals surface area (Å²) >= 11 is 0. The molecule has 0 aliphatic carbocycles. The van der Waals surface area contributed by atoms with Crippen LogP contribution in [0.5, 0.6) is 5.75 Å². The molecule has 0 saturated carbocycles. The van der Waals surface area contributed by atoms with E-state index in [-0.39, 0.29) is 13.2 Å². The topological polar surface area (TPSA) is 70.0 Å². The summed E-state index contributed by atoms with van der Waals surface area (Å²) < 4.78 is 5.95. The molecule has 0 aliphatic heterocycles. The number of benzene rings is 2. The summed E-state index contributed by atoms with van der Waals surface area (Å²) in [6.45, 7) is 0.144. The Morgan fingerprint density at radius 2 is 1.91 bits per heavy atom. The molecule has 0 fully saturated rings. The van der Waals surface area contributed by atoms with Crippen LogP contribution in [0.3, 0.4) is 0 Å². The van der Waals surface area contributed by atoms with Crippen molar-refractivity contribution in [3.05, 3.63) is 65.7 Å². The fourth-order valence-electron chi connectivity index (χ4n) is 2.09. The van der Waals surface area contributed by atoms with Gasteiger partial charge in [0, 0.05) is 7.05 Å². The number of amides is 1. The number of carbonyl (C=O) groups is 1. The van der Waals surface area contributed by atoms with Crippen LogP contribution in [0.15, 0.2) is 54.6 Å². The number of likely N-dealkylation sites (N-methyl/N-ethyl adjacent to an activating group) is 1. The number of nitrogens with zero attached hydrogens (tertiary/aromatic N) is 1. The molecule has 2 N–H and O–H groups in total. The summed E-state index contributed by atoms with van der Waals surface area (Å²) in [4.78, 5) is 12.2. The summed E-state index contributed by atoms with van der Waals surface area (Å²) in [6, 6.07) is 16.6. The minimum atomic E-state index is -1.01. The van der Waals surface area contributed by atoms with E-state index in [1.165, 1.54) is 11.9 Å². The Morgan fingerprint density at radius 1 is 1.18 bits per heavy atom. The highest BCUT2D eigenvalue weighted by molar-refractivity contribution is 5.64. The predicted molar refractivity (Wildman–Crippen MR) is 82.8 cm³/mol. The zero-order valence-corrected chi connectivity index (χ0v) is 12.3. The molecule has 5 nitrogen and oxygen atoms in total. The molecular formula is C17H19NO4. The van der Waals surface area contributed by atoms with E-state index >= 15 is 0 Å². The van der Waals surface area contributed by atoms with Gasteiger partial charge in [0.05, 0.1) is 13.2 Å². The van der Waals surface area contributed by atoms with Crippen LogP contribution >= 0.6 is 0 Å². The molecule has 2 aromatic rings. The van der Waals surface area contributed by atoms with E-state index in [1.807, 2.05) is 30.3 Å². The third-order valence-corrected chi connectivity index (χ3v) is 3.30. The fraction of sp³-hybridized carbons (Fsp3) is 0.235. The Kier molecular flexibility index (Phi) is 5.38. The molecule has 1 unspecified atom stereocenters. The van der Waals surface area contributed by atoms with Gasteiger partial charge in [0.25, 0.3) is 0 Å². The third-order valence-electron chi connectivity index (χ3n) is 3.30. The van der Waals surface area contributed by atoms with Gasteiger partial charge in [0.15, 0.2) is 0 Å². The van der Waals surface area contributed by atoms with Crippen molar-refractivity contribution < 1.29 is 19.7 Å². The van der Waals surface area contributed by atoms with Gasteiger partial charge in [0.1, 0.15) is 11.9 Å². The molecule has 0 saturated heterocycles. The molecule has 1 atom stereocenters. The molecule has 22 heavy (non-hydrogen) atoms. The minimum absolute atomic E-state index is 0.0672. The highest BCUT2D eigenvalue weighted by Gasteiger charge is 2.18. The molecule has 2 aromatic carbocycles. The van der Waals surface area contributed by atoms with Crippen molar-refractivity contribution in [1.82, 2.24) is 4.90 Å². The Balaban J connectivity index is 2.22. The average Bonchev–Trinajstić information content (AvgIpc) is 2.55. The first-order chi connectivity index (χ1) is 10.6. The molecule has 0 bridgehead atoms. The molecule has 0 aliphatic rings. The molecule has 0 spiro atoms. The second kappa shape index (κ2) is 7.47. The summed E-state index contributed by atoms with van der Waals surface area (Å²) in [7, 11) is 1.51. The molecule has 0 heterocycles. The Labute approximate surface area is 129 Å². The monoisotopic (exact) mass is 301 g/mol. The Hall–Kier alpha value is -2.53. The molecule has 2 rings (SSSR count). The van der Waals surface area contributed by atoms with Crippen molar-refractivity contribution in [3.8, 4) is 5.75 Å². The van der Waals surface area contributed by atoms with E-state index in [1.54, 1.807) is 24.3 Å². The molecule has 5 heteroatoms. The zero-order valence-electron chi connectivity index (χ0n) is 12.3. The van der Waals surface area contributed by atoms with Gasteiger partial charge < -0.3 is 19.8 Å². The van der Waals surface area contributed by atoms with Crippen LogP contribution in [0, 0.1) is 0 Å². The Morgan fingerprint density at radius 3 is 2.55 bits per heavy atom. The smallest absolute Gasteiger partial charge is 0.407 e. The first-order valence-corrected chi connectivity index (χ1v) is 6.95. The number of rotatable bonds is 6. The van der Waals surface area contributed by atoms with E-state index in [0.29, 0.717) is 5.75 Å². The number of aliphatic hydroxyl groups is 1. The summed E-state index contributed by atoms with van der Waals surface area (Å²) in [5.74, 6) is 0.596. The maximum Gasteiger partial charge on any atom is 0.407 e. The van der Waals surface area contributed by atoms with Crippen molar-refractivity contribution in [2.45, 2.75) is 12.7 Å². The number of carboxylic acid groups (broad SMARTS) is 1. The van der Waals surface area contributed by atoms with Crippen molar-refractivity contribution in [1.29, 1.82) is 0 Å². The van der Waals surface area contributed by atoms with Crippen molar-refractivity contribution in [2.75, 3.05) is 13.6 Å². The van der Waals surface area contributed by atoms with Gasteiger partial charge in [-0.25, -0.2) is 4.79 Å². The molecular weight excluding hydrogens is 282 g/mol. The van der Waals surface area contributed by atoms with Gasteiger partial charge in [-0.15, -0.1) is 0 Å². The van der Waals surface area contributed by atoms with Crippen LogP contribution in [0.25, 0.3) is 0 Å². The summed E-state index contributed by atoms with van der Waals surface area (Å²) in [5.41, 5.74) is 1.64. The summed E-state index contributed by atoms with van der Waals surface area (Å²) in [5, 5.41) is 18.3. The van der Waals surface area contributed by atoms with Crippen LogP contribution in [0.4, 0.5) is 4.79 Å². The predicted octanol–water partition coefficient (Wildman–Crippen LogP) is 2.91. The van der Waals surface area contributed by atoms with E-state index in [4.69, 9.17) is 9.84 Å². The third kappa shape index (κ3) is 4.23. The van der Waals surface area contributed by atoms with Crippen LogP contribution in [-0.2, 0) is 6.61 Å². The lowest BCUT2D eigenvalue weighted by atomic mass is 10.1. The zero-order chi connectivity index (χ0) is 15.9. The quantitative estimate of drug-likeness (QED) is 0.860. The van der Waals surface area contributed by atoms with Crippen LogP contribution in [-0.4, -0.2) is 34.8 Å². The van der Waals surface area contributed by atoms with Gasteiger partial charge in [-0.3, -0.25) is 0 Å². The second-order valence-electron chi connectivity index (χ2n) is 4.99. The average molecular weight is 301 g/mol.